The van der Waals surface area contributed by atoms with Crippen LogP contribution in [0.15, 0.2) is 24.3 Å². The first kappa shape index (κ1) is 20.2. The molecule has 0 radical (unpaired) electrons. The number of hydrogen-bond donors (Lipinski definition) is 3. The third-order valence-electron chi connectivity index (χ3n) is 4.16. The summed E-state index contributed by atoms with van der Waals surface area (Å²) in [6.45, 7) is 2.70. The van der Waals surface area contributed by atoms with E-state index in [0.29, 0.717) is 18.8 Å². The van der Waals surface area contributed by atoms with Crippen LogP contribution in [0, 0.1) is 0 Å². The molecule has 1 heterocycles. The maximum atomic E-state index is 13.3. The summed E-state index contributed by atoms with van der Waals surface area (Å²) >= 11 is 0. The highest BCUT2D eigenvalue weighted by molar-refractivity contribution is 5.97. The summed E-state index contributed by atoms with van der Waals surface area (Å²) in [5.74, 6) is -0.819. The molecule has 0 spiro atoms. The Morgan fingerprint density at radius 2 is 1.96 bits per heavy atom. The molecule has 0 saturated carbocycles. The van der Waals surface area contributed by atoms with Crippen molar-refractivity contribution in [2.45, 2.75) is 25.6 Å². The smallest absolute Gasteiger partial charge is 0.350 e. The van der Waals surface area contributed by atoms with E-state index >= 15 is 0 Å². The molecular formula is C17H23F3N4O2. The Morgan fingerprint density at radius 3 is 2.58 bits per heavy atom. The van der Waals surface area contributed by atoms with E-state index in [0.717, 1.165) is 0 Å². The predicted molar refractivity (Wildman–Crippen MR) is 92.0 cm³/mol. The molecule has 3 N–H and O–H groups in total. The Bertz CT molecular complexity index is 631. The van der Waals surface area contributed by atoms with Gasteiger partial charge in [-0.1, -0.05) is 13.0 Å². The Morgan fingerprint density at radius 1 is 1.27 bits per heavy atom. The van der Waals surface area contributed by atoms with Crippen molar-refractivity contribution in [1.82, 2.24) is 15.5 Å². The number of nitrogens with zero attached hydrogens (tertiary/aromatic N) is 1. The van der Waals surface area contributed by atoms with Gasteiger partial charge in [0.25, 0.3) is 5.91 Å². The van der Waals surface area contributed by atoms with Gasteiger partial charge in [-0.2, -0.15) is 13.2 Å². The minimum Gasteiger partial charge on any atom is -0.350 e. The first-order chi connectivity index (χ1) is 12.3. The van der Waals surface area contributed by atoms with Gasteiger partial charge in [0.15, 0.2) is 0 Å². The number of halogens is 3. The normalized spacial score (nSPS) is 16.8. The van der Waals surface area contributed by atoms with E-state index in [1.54, 1.807) is 19.1 Å². The van der Waals surface area contributed by atoms with Gasteiger partial charge in [0.1, 0.15) is 6.04 Å². The lowest BCUT2D eigenvalue weighted by Crippen LogP contribution is -2.57. The minimum absolute atomic E-state index is 0.195. The van der Waals surface area contributed by atoms with Crippen LogP contribution in [-0.2, 0) is 4.79 Å². The Hall–Kier alpha value is -2.13. The van der Waals surface area contributed by atoms with Crippen molar-refractivity contribution in [2.75, 3.05) is 38.0 Å². The first-order valence-electron chi connectivity index (χ1n) is 8.51. The molecule has 2 amide bonds. The second-order valence-electron chi connectivity index (χ2n) is 6.04. The molecule has 0 aromatic heterocycles. The maximum Gasteiger partial charge on any atom is 0.405 e. The number of carbonyl (C=O) groups is 2. The summed E-state index contributed by atoms with van der Waals surface area (Å²) in [6, 6.07) is 4.39. The molecule has 1 atom stereocenters. The number of rotatable bonds is 6. The quantitative estimate of drug-likeness (QED) is 0.709. The molecular weight excluding hydrogens is 349 g/mol. The van der Waals surface area contributed by atoms with Crippen LogP contribution >= 0.6 is 0 Å². The van der Waals surface area contributed by atoms with Gasteiger partial charge >= 0.3 is 6.18 Å². The number of piperazine rings is 1. The van der Waals surface area contributed by atoms with Crippen molar-refractivity contribution in [2.24, 2.45) is 0 Å². The lowest BCUT2D eigenvalue weighted by atomic mass is 10.1. The molecule has 26 heavy (non-hydrogen) atoms. The van der Waals surface area contributed by atoms with Gasteiger partial charge in [-0.05, 0) is 18.2 Å². The summed E-state index contributed by atoms with van der Waals surface area (Å²) in [5, 5.41) is 7.98. The summed E-state index contributed by atoms with van der Waals surface area (Å²) in [7, 11) is 0. The lowest BCUT2D eigenvalue weighted by molar-refractivity contribution is -0.183. The third-order valence-corrected chi connectivity index (χ3v) is 4.16. The van der Waals surface area contributed by atoms with Crippen LogP contribution in [0.3, 0.4) is 0 Å². The summed E-state index contributed by atoms with van der Waals surface area (Å²) in [4.78, 5) is 25.0. The molecule has 1 unspecified atom stereocenters. The second-order valence-corrected chi connectivity index (χ2v) is 6.04. The Balaban J connectivity index is 2.01. The van der Waals surface area contributed by atoms with E-state index in [9.17, 15) is 22.8 Å². The number of nitrogens with one attached hydrogen (secondary N) is 3. The molecule has 0 bridgehead atoms. The average molecular weight is 372 g/mol. The highest BCUT2D eigenvalue weighted by atomic mass is 19.4. The van der Waals surface area contributed by atoms with E-state index < -0.39 is 24.7 Å². The zero-order chi connectivity index (χ0) is 19.2. The summed E-state index contributed by atoms with van der Waals surface area (Å²) < 4.78 is 40.0. The standard InChI is InChI=1S/C17H23F3N4O2/c1-2-15(25)23-13-5-3-4-12(10-13)16(26)22-11-14(17(18,19)20)24-8-6-21-7-9-24/h3-5,10,14,21H,2,6-9,11H2,1H3,(H,22,26)(H,23,25). The molecule has 1 aliphatic heterocycles. The fourth-order valence-electron chi connectivity index (χ4n) is 2.72. The van der Waals surface area contributed by atoms with Gasteiger partial charge < -0.3 is 16.0 Å². The highest BCUT2D eigenvalue weighted by Crippen LogP contribution is 2.25. The van der Waals surface area contributed by atoms with Crippen molar-refractivity contribution in [3.8, 4) is 0 Å². The van der Waals surface area contributed by atoms with E-state index in [2.05, 4.69) is 16.0 Å². The summed E-state index contributed by atoms with van der Waals surface area (Å²) in [5.41, 5.74) is 0.624. The van der Waals surface area contributed by atoms with Crippen LogP contribution in [-0.4, -0.2) is 61.7 Å². The predicted octanol–water partition coefficient (Wildman–Crippen LogP) is 1.60. The molecule has 9 heteroatoms. The van der Waals surface area contributed by atoms with Crippen LogP contribution in [0.4, 0.5) is 18.9 Å². The number of alkyl halides is 3. The fraction of sp³-hybridized carbons (Fsp3) is 0.529. The molecule has 6 nitrogen and oxygen atoms in total. The molecule has 1 aromatic carbocycles. The molecule has 0 aliphatic carbocycles. The van der Waals surface area contributed by atoms with Crippen LogP contribution in [0.1, 0.15) is 23.7 Å². The average Bonchev–Trinajstić information content (AvgIpc) is 2.61. The van der Waals surface area contributed by atoms with Gasteiger partial charge in [-0.25, -0.2) is 0 Å². The van der Waals surface area contributed by atoms with Gasteiger partial charge in [0, 0.05) is 50.4 Å². The van der Waals surface area contributed by atoms with Gasteiger partial charge in [-0.3, -0.25) is 14.5 Å². The number of anilines is 1. The lowest BCUT2D eigenvalue weighted by Gasteiger charge is -2.35. The maximum absolute atomic E-state index is 13.3. The zero-order valence-corrected chi connectivity index (χ0v) is 14.5. The number of carbonyl (C=O) groups excluding carboxylic acids is 2. The molecule has 1 aromatic rings. The Kier molecular flexibility index (Phi) is 6.98. The SMILES string of the molecule is CCC(=O)Nc1cccc(C(=O)NCC(N2CCNCC2)C(F)(F)F)c1. The van der Waals surface area contributed by atoms with E-state index in [1.165, 1.54) is 17.0 Å². The van der Waals surface area contributed by atoms with Crippen molar-refractivity contribution in [1.29, 1.82) is 0 Å². The minimum atomic E-state index is -4.43. The van der Waals surface area contributed by atoms with Crippen LogP contribution in [0.2, 0.25) is 0 Å². The van der Waals surface area contributed by atoms with Crippen LogP contribution < -0.4 is 16.0 Å². The molecule has 1 aliphatic rings. The molecule has 2 rings (SSSR count). The highest BCUT2D eigenvalue weighted by Gasteiger charge is 2.43. The first-order valence-corrected chi connectivity index (χ1v) is 8.51. The van der Waals surface area contributed by atoms with Gasteiger partial charge in [0.05, 0.1) is 0 Å². The molecule has 144 valence electrons. The largest absolute Gasteiger partial charge is 0.405 e. The van der Waals surface area contributed by atoms with E-state index in [4.69, 9.17) is 0 Å². The van der Waals surface area contributed by atoms with Crippen molar-refractivity contribution in [3.05, 3.63) is 29.8 Å². The van der Waals surface area contributed by atoms with Gasteiger partial charge in [0.2, 0.25) is 5.91 Å². The zero-order valence-electron chi connectivity index (χ0n) is 14.5. The number of amides is 2. The van der Waals surface area contributed by atoms with Crippen molar-refractivity contribution in [3.63, 3.8) is 0 Å². The monoisotopic (exact) mass is 372 g/mol. The summed E-state index contributed by atoms with van der Waals surface area (Å²) in [6.07, 6.45) is -4.14. The molecule has 1 saturated heterocycles. The topological polar surface area (TPSA) is 73.5 Å². The van der Waals surface area contributed by atoms with Crippen LogP contribution in [0.5, 0.6) is 0 Å². The fourth-order valence-corrected chi connectivity index (χ4v) is 2.72. The van der Waals surface area contributed by atoms with Crippen LogP contribution in [0.25, 0.3) is 0 Å². The van der Waals surface area contributed by atoms with Crippen molar-refractivity contribution < 1.29 is 22.8 Å². The number of benzene rings is 1. The third kappa shape index (κ3) is 5.70. The van der Waals surface area contributed by atoms with Gasteiger partial charge in [-0.15, -0.1) is 0 Å². The second kappa shape index (κ2) is 9.00. The molecule has 1 fully saturated rings. The Labute approximate surface area is 150 Å². The number of hydrogen-bond acceptors (Lipinski definition) is 4. The van der Waals surface area contributed by atoms with E-state index in [-0.39, 0.29) is 31.0 Å². The van der Waals surface area contributed by atoms with Crippen molar-refractivity contribution >= 4 is 17.5 Å². The van der Waals surface area contributed by atoms with E-state index in [1.807, 2.05) is 0 Å².